The van der Waals surface area contributed by atoms with Crippen molar-refractivity contribution in [3.05, 3.63) is 187 Å². The van der Waals surface area contributed by atoms with Crippen LogP contribution in [0.3, 0.4) is 0 Å². The fourth-order valence-corrected chi connectivity index (χ4v) is 8.98. The number of benzene rings is 8. The van der Waals surface area contributed by atoms with E-state index in [9.17, 15) is 0 Å². The maximum absolute atomic E-state index is 5.22. The van der Waals surface area contributed by atoms with Gasteiger partial charge < -0.3 is 4.57 Å². The summed E-state index contributed by atoms with van der Waals surface area (Å²) in [5.41, 5.74) is 13.8. The average molecular weight is 690 g/mol. The van der Waals surface area contributed by atoms with Gasteiger partial charge >= 0.3 is 0 Å². The second-order valence-electron chi connectivity index (χ2n) is 15.0. The van der Waals surface area contributed by atoms with Gasteiger partial charge in [-0.25, -0.2) is 9.97 Å². The number of aromatic nitrogens is 3. The highest BCUT2D eigenvalue weighted by Gasteiger charge is 2.37. The molecule has 1 aliphatic rings. The number of fused-ring (bicyclic) bond motifs is 9. The molecule has 0 fully saturated rings. The van der Waals surface area contributed by atoms with Crippen LogP contribution in [0, 0.1) is 0 Å². The Bertz CT molecular complexity index is 3060. The lowest BCUT2D eigenvalue weighted by molar-refractivity contribution is 0.661. The zero-order chi connectivity index (χ0) is 36.0. The lowest BCUT2D eigenvalue weighted by atomic mass is 9.82. The summed E-state index contributed by atoms with van der Waals surface area (Å²) in [6.45, 7) is 4.76. The van der Waals surface area contributed by atoms with Crippen LogP contribution in [0.5, 0.6) is 0 Å². The van der Waals surface area contributed by atoms with Gasteiger partial charge in [0, 0.05) is 38.3 Å². The van der Waals surface area contributed by atoms with Gasteiger partial charge in [0.05, 0.1) is 28.1 Å². The first-order chi connectivity index (χ1) is 26.5. The quantitative estimate of drug-likeness (QED) is 0.184. The summed E-state index contributed by atoms with van der Waals surface area (Å²) < 4.78 is 2.48. The Morgan fingerprint density at radius 2 is 1.04 bits per heavy atom. The van der Waals surface area contributed by atoms with E-state index in [1.165, 1.54) is 54.8 Å². The van der Waals surface area contributed by atoms with Crippen LogP contribution >= 0.6 is 0 Å². The minimum absolute atomic E-state index is 0.145. The molecule has 0 aliphatic heterocycles. The van der Waals surface area contributed by atoms with Crippen molar-refractivity contribution < 1.29 is 0 Å². The van der Waals surface area contributed by atoms with Crippen LogP contribution in [-0.2, 0) is 5.41 Å². The highest BCUT2D eigenvalue weighted by Crippen LogP contribution is 2.53. The first-order valence-electron chi connectivity index (χ1n) is 18.7. The van der Waals surface area contributed by atoms with Crippen molar-refractivity contribution in [2.45, 2.75) is 19.3 Å². The molecule has 11 rings (SSSR count). The van der Waals surface area contributed by atoms with E-state index in [4.69, 9.17) is 9.97 Å². The number of hydrogen-bond acceptors (Lipinski definition) is 2. The van der Waals surface area contributed by atoms with Gasteiger partial charge in [0.2, 0.25) is 0 Å². The molecule has 3 heteroatoms. The summed E-state index contributed by atoms with van der Waals surface area (Å²) in [5, 5.41) is 7.39. The Kier molecular flexibility index (Phi) is 6.60. The molecule has 3 nitrogen and oxygen atoms in total. The van der Waals surface area contributed by atoms with Crippen molar-refractivity contribution in [1.29, 1.82) is 0 Å². The monoisotopic (exact) mass is 689 g/mol. The van der Waals surface area contributed by atoms with Crippen LogP contribution in [0.4, 0.5) is 0 Å². The Morgan fingerprint density at radius 1 is 0.426 bits per heavy atom. The average Bonchev–Trinajstić information content (AvgIpc) is 3.67. The standard InChI is InChI=1S/C51H35N3/c1-51(2)42-27-25-32-15-9-10-20-35(32)49(42)41-29-40-38-23-13-14-24-46(38)54(48(40)30-43(41)51)47-28-26-39(36-21-11-12-22-37(36)47)50-52-44(33-16-5-3-6-17-33)31-45(53-50)34-18-7-4-8-19-34/h3-31H,1-2H3. The topological polar surface area (TPSA) is 30.7 Å². The third kappa shape index (κ3) is 4.48. The summed E-state index contributed by atoms with van der Waals surface area (Å²) in [7, 11) is 0. The van der Waals surface area contributed by atoms with Crippen molar-refractivity contribution in [2.75, 3.05) is 0 Å². The molecule has 0 spiro atoms. The maximum Gasteiger partial charge on any atom is 0.161 e. The summed E-state index contributed by atoms with van der Waals surface area (Å²) >= 11 is 0. The van der Waals surface area contributed by atoms with Gasteiger partial charge in [0.25, 0.3) is 0 Å². The van der Waals surface area contributed by atoms with E-state index in [2.05, 4.69) is 182 Å². The molecule has 2 heterocycles. The van der Waals surface area contributed by atoms with Gasteiger partial charge in [-0.15, -0.1) is 0 Å². The second kappa shape index (κ2) is 11.6. The summed E-state index contributed by atoms with van der Waals surface area (Å²) in [5.74, 6) is 0.713. The summed E-state index contributed by atoms with van der Waals surface area (Å²) in [6.07, 6.45) is 0. The number of nitrogens with zero attached hydrogens (tertiary/aromatic N) is 3. The van der Waals surface area contributed by atoms with Crippen molar-refractivity contribution in [2.24, 2.45) is 0 Å². The molecule has 0 N–H and O–H groups in total. The van der Waals surface area contributed by atoms with E-state index in [-0.39, 0.29) is 5.41 Å². The molecule has 54 heavy (non-hydrogen) atoms. The maximum atomic E-state index is 5.22. The molecule has 0 atom stereocenters. The van der Waals surface area contributed by atoms with E-state index >= 15 is 0 Å². The highest BCUT2D eigenvalue weighted by molar-refractivity contribution is 6.15. The SMILES string of the molecule is CC1(C)c2cc3c(cc2-c2c1ccc1ccccc21)c1ccccc1n3-c1ccc(-c2nc(-c3ccccc3)cc(-c3ccccc3)n2)c2ccccc12. The zero-order valence-corrected chi connectivity index (χ0v) is 30.1. The minimum Gasteiger partial charge on any atom is -0.309 e. The molecule has 0 saturated heterocycles. The smallest absolute Gasteiger partial charge is 0.161 e. The fraction of sp³-hybridized carbons (Fsp3) is 0.0588. The lowest BCUT2D eigenvalue weighted by Gasteiger charge is -2.22. The van der Waals surface area contributed by atoms with E-state index in [0.717, 1.165) is 44.5 Å². The van der Waals surface area contributed by atoms with Crippen LogP contribution in [0.15, 0.2) is 176 Å². The first-order valence-corrected chi connectivity index (χ1v) is 18.7. The van der Waals surface area contributed by atoms with Crippen molar-refractivity contribution in [1.82, 2.24) is 14.5 Å². The Labute approximate surface area is 313 Å². The second-order valence-corrected chi connectivity index (χ2v) is 15.0. The predicted octanol–water partition coefficient (Wildman–Crippen LogP) is 13.2. The fourth-order valence-electron chi connectivity index (χ4n) is 8.98. The van der Waals surface area contributed by atoms with E-state index in [1.54, 1.807) is 0 Å². The van der Waals surface area contributed by atoms with Gasteiger partial charge in [-0.05, 0) is 74.8 Å². The Hall–Kier alpha value is -6.84. The summed E-state index contributed by atoms with van der Waals surface area (Å²) in [4.78, 5) is 10.4. The van der Waals surface area contributed by atoms with E-state index < -0.39 is 0 Å². The molecule has 8 aromatic carbocycles. The summed E-state index contributed by atoms with van der Waals surface area (Å²) in [6, 6.07) is 63.3. The van der Waals surface area contributed by atoms with Gasteiger partial charge in [-0.1, -0.05) is 153 Å². The minimum atomic E-state index is -0.145. The molecule has 1 aliphatic carbocycles. The zero-order valence-electron chi connectivity index (χ0n) is 30.1. The van der Waals surface area contributed by atoms with Gasteiger partial charge in [0.1, 0.15) is 0 Å². The predicted molar refractivity (Wildman–Crippen MR) is 225 cm³/mol. The number of rotatable bonds is 4. The molecular weight excluding hydrogens is 655 g/mol. The molecule has 0 unspecified atom stereocenters. The Balaban J connectivity index is 1.16. The van der Waals surface area contributed by atoms with Gasteiger partial charge in [0.15, 0.2) is 5.82 Å². The molecule has 10 aromatic rings. The molecule has 2 aromatic heterocycles. The molecule has 0 bridgehead atoms. The molecule has 254 valence electrons. The van der Waals surface area contributed by atoms with E-state index in [1.807, 2.05) is 12.1 Å². The van der Waals surface area contributed by atoms with Crippen LogP contribution < -0.4 is 0 Å². The lowest BCUT2D eigenvalue weighted by Crippen LogP contribution is -2.15. The number of hydrogen-bond donors (Lipinski definition) is 0. The number of para-hydroxylation sites is 1. The molecule has 0 amide bonds. The van der Waals surface area contributed by atoms with Gasteiger partial charge in [-0.3, -0.25) is 0 Å². The van der Waals surface area contributed by atoms with Crippen LogP contribution in [-0.4, -0.2) is 14.5 Å². The van der Waals surface area contributed by atoms with E-state index in [0.29, 0.717) is 5.82 Å². The normalized spacial score (nSPS) is 13.1. The third-order valence-electron chi connectivity index (χ3n) is 11.6. The highest BCUT2D eigenvalue weighted by atomic mass is 15.0. The molecule has 0 radical (unpaired) electrons. The van der Waals surface area contributed by atoms with Crippen molar-refractivity contribution in [3.63, 3.8) is 0 Å². The van der Waals surface area contributed by atoms with Crippen molar-refractivity contribution in [3.8, 4) is 50.7 Å². The van der Waals surface area contributed by atoms with Crippen LogP contribution in [0.2, 0.25) is 0 Å². The van der Waals surface area contributed by atoms with Crippen LogP contribution in [0.1, 0.15) is 25.0 Å². The first kappa shape index (κ1) is 30.8. The Morgan fingerprint density at radius 3 is 1.76 bits per heavy atom. The van der Waals surface area contributed by atoms with Gasteiger partial charge in [-0.2, -0.15) is 0 Å². The van der Waals surface area contributed by atoms with Crippen molar-refractivity contribution >= 4 is 43.4 Å². The molecular formula is C51H35N3. The largest absolute Gasteiger partial charge is 0.309 e. The third-order valence-corrected chi connectivity index (χ3v) is 11.6. The molecule has 0 saturated carbocycles. The van der Waals surface area contributed by atoms with Crippen LogP contribution in [0.25, 0.3) is 94.1 Å².